The first-order valence-corrected chi connectivity index (χ1v) is 14.1. The minimum absolute atomic E-state index is 0.0984. The molecular formula is C28H42N4O4. The lowest BCUT2D eigenvalue weighted by molar-refractivity contribution is -0.144. The Morgan fingerprint density at radius 3 is 2.39 bits per heavy atom. The summed E-state index contributed by atoms with van der Waals surface area (Å²) in [4.78, 5) is 54.7. The van der Waals surface area contributed by atoms with Crippen molar-refractivity contribution in [2.24, 2.45) is 34.8 Å². The zero-order valence-corrected chi connectivity index (χ0v) is 21.4. The van der Waals surface area contributed by atoms with Crippen LogP contribution in [0.15, 0.2) is 12.7 Å². The fraction of sp³-hybridized carbons (Fsp3) is 0.786. The van der Waals surface area contributed by atoms with Gasteiger partial charge in [-0.2, -0.15) is 0 Å². The third-order valence-corrected chi connectivity index (χ3v) is 9.83. The molecular weight excluding hydrogens is 456 g/mol. The lowest BCUT2D eigenvalue weighted by atomic mass is 9.83. The number of likely N-dealkylation sites (tertiary alicyclic amines) is 1. The van der Waals surface area contributed by atoms with Crippen molar-refractivity contribution in [2.75, 3.05) is 13.1 Å². The fourth-order valence-corrected chi connectivity index (χ4v) is 7.37. The topological polar surface area (TPSA) is 122 Å². The fourth-order valence-electron chi connectivity index (χ4n) is 7.37. The van der Waals surface area contributed by atoms with Crippen molar-refractivity contribution >= 4 is 23.5 Å². The summed E-state index contributed by atoms with van der Waals surface area (Å²) in [6, 6.07) is -2.06. The van der Waals surface area contributed by atoms with Crippen molar-refractivity contribution in [1.29, 1.82) is 0 Å². The van der Waals surface area contributed by atoms with Gasteiger partial charge in [0.25, 0.3) is 5.91 Å². The Hall–Kier alpha value is -2.22. The number of hydrogen-bond acceptors (Lipinski definition) is 5. The highest BCUT2D eigenvalue weighted by Gasteiger charge is 2.63. The molecule has 1 spiro atoms. The Bertz CT molecular complexity index is 905. The Morgan fingerprint density at radius 1 is 1.03 bits per heavy atom. The maximum atomic E-state index is 13.8. The Kier molecular flexibility index (Phi) is 7.25. The molecule has 198 valence electrons. The van der Waals surface area contributed by atoms with Crippen LogP contribution in [0, 0.1) is 29.1 Å². The molecule has 8 heteroatoms. The molecule has 1 aliphatic heterocycles. The largest absolute Gasteiger partial charge is 0.346 e. The molecule has 5 fully saturated rings. The van der Waals surface area contributed by atoms with Gasteiger partial charge in [0.15, 0.2) is 0 Å². The number of nitrogens with one attached hydrogen (secondary N) is 2. The van der Waals surface area contributed by atoms with E-state index >= 15 is 0 Å². The van der Waals surface area contributed by atoms with Crippen LogP contribution in [0.4, 0.5) is 0 Å². The lowest BCUT2D eigenvalue weighted by Crippen LogP contribution is -2.57. The molecule has 0 bridgehead atoms. The Morgan fingerprint density at radius 2 is 1.75 bits per heavy atom. The van der Waals surface area contributed by atoms with Crippen LogP contribution in [0.5, 0.6) is 0 Å². The van der Waals surface area contributed by atoms with E-state index in [2.05, 4.69) is 17.2 Å². The number of carbonyl (C=O) groups excluding carboxylic acids is 4. The predicted molar refractivity (Wildman–Crippen MR) is 135 cm³/mol. The number of fused-ring (bicyclic) bond motifs is 2. The highest BCUT2D eigenvalue weighted by atomic mass is 16.2. The van der Waals surface area contributed by atoms with Crippen LogP contribution < -0.4 is 16.4 Å². The molecule has 36 heavy (non-hydrogen) atoms. The van der Waals surface area contributed by atoms with Crippen molar-refractivity contribution in [3.05, 3.63) is 12.7 Å². The Balaban J connectivity index is 1.34. The average molecular weight is 499 g/mol. The first kappa shape index (κ1) is 25.4. The normalized spacial score (nSPS) is 30.4. The van der Waals surface area contributed by atoms with E-state index < -0.39 is 29.8 Å². The van der Waals surface area contributed by atoms with Gasteiger partial charge in [-0.15, -0.1) is 6.58 Å². The molecule has 4 saturated carbocycles. The summed E-state index contributed by atoms with van der Waals surface area (Å²) in [5.74, 6) is -0.778. The lowest BCUT2D eigenvalue weighted by Gasteiger charge is -2.34. The molecule has 0 aromatic heterocycles. The first-order valence-electron chi connectivity index (χ1n) is 14.1. The standard InChI is InChI=1S/C28H42N4O4/c1-2-14-30-26(35)24(33)21(15-17-8-9-17)31-25(34)23-19-10-11-28(12-13-28)20(19)16-32(23)27(36)22(29)18-6-4-3-5-7-18/h2,17-23H,1,3-16,29H2,(H,30,35)(H,31,34)/t19-,20-,21?,22-,23-/m0/s1. The molecule has 3 amide bonds. The van der Waals surface area contributed by atoms with E-state index in [-0.39, 0.29) is 35.6 Å². The van der Waals surface area contributed by atoms with Gasteiger partial charge in [0.1, 0.15) is 6.04 Å². The summed E-state index contributed by atoms with van der Waals surface area (Å²) < 4.78 is 0. The molecule has 5 aliphatic rings. The number of rotatable bonds is 10. The van der Waals surface area contributed by atoms with E-state index in [0.717, 1.165) is 51.4 Å². The maximum Gasteiger partial charge on any atom is 0.289 e. The van der Waals surface area contributed by atoms with Crippen molar-refractivity contribution < 1.29 is 19.2 Å². The zero-order valence-electron chi connectivity index (χ0n) is 21.4. The molecule has 1 heterocycles. The third kappa shape index (κ3) is 4.98. The molecule has 5 rings (SSSR count). The van der Waals surface area contributed by atoms with Gasteiger partial charge in [-0.25, -0.2) is 0 Å². The van der Waals surface area contributed by atoms with Gasteiger partial charge in [0.2, 0.25) is 17.6 Å². The minimum atomic E-state index is -0.867. The van der Waals surface area contributed by atoms with Crippen LogP contribution in [0.25, 0.3) is 0 Å². The summed E-state index contributed by atoms with van der Waals surface area (Å²) in [6.45, 7) is 4.36. The van der Waals surface area contributed by atoms with E-state index in [1.165, 1.54) is 25.3 Å². The summed E-state index contributed by atoms with van der Waals surface area (Å²) in [7, 11) is 0. The van der Waals surface area contributed by atoms with Gasteiger partial charge < -0.3 is 21.3 Å². The van der Waals surface area contributed by atoms with Gasteiger partial charge >= 0.3 is 0 Å². The van der Waals surface area contributed by atoms with E-state index in [1.54, 1.807) is 4.90 Å². The molecule has 0 aromatic rings. The SMILES string of the molecule is C=CCNC(=O)C(=O)C(CC1CC1)NC(=O)[C@@H]1[C@H]2CCC3(CC3)[C@H]2CN1C(=O)[C@@H](N)C1CCCCC1. The number of nitrogens with zero attached hydrogens (tertiary/aromatic N) is 1. The van der Waals surface area contributed by atoms with Gasteiger partial charge in [-0.3, -0.25) is 19.2 Å². The van der Waals surface area contributed by atoms with E-state index in [4.69, 9.17) is 5.73 Å². The number of nitrogens with two attached hydrogens (primary N) is 1. The number of carbonyl (C=O) groups is 4. The van der Waals surface area contributed by atoms with E-state index in [9.17, 15) is 19.2 Å². The van der Waals surface area contributed by atoms with Crippen LogP contribution in [-0.4, -0.2) is 59.6 Å². The number of ketones is 1. The van der Waals surface area contributed by atoms with Crippen LogP contribution in [0.1, 0.15) is 77.0 Å². The van der Waals surface area contributed by atoms with Gasteiger partial charge in [-0.05, 0) is 74.0 Å². The van der Waals surface area contributed by atoms with Crippen molar-refractivity contribution in [3.8, 4) is 0 Å². The second kappa shape index (κ2) is 10.3. The predicted octanol–water partition coefficient (Wildman–Crippen LogP) is 2.07. The number of hydrogen-bond donors (Lipinski definition) is 3. The van der Waals surface area contributed by atoms with Crippen LogP contribution >= 0.6 is 0 Å². The summed E-state index contributed by atoms with van der Waals surface area (Å²) in [5.41, 5.74) is 6.82. The van der Waals surface area contributed by atoms with Crippen LogP contribution in [0.2, 0.25) is 0 Å². The van der Waals surface area contributed by atoms with E-state index in [0.29, 0.717) is 24.8 Å². The van der Waals surface area contributed by atoms with Gasteiger partial charge in [0, 0.05) is 13.1 Å². The monoisotopic (exact) mass is 498 g/mol. The molecule has 1 unspecified atom stereocenters. The summed E-state index contributed by atoms with van der Waals surface area (Å²) in [5, 5.41) is 5.49. The zero-order chi connectivity index (χ0) is 25.4. The third-order valence-electron chi connectivity index (χ3n) is 9.83. The highest BCUT2D eigenvalue weighted by Crippen LogP contribution is 2.66. The molecule has 4 aliphatic carbocycles. The summed E-state index contributed by atoms with van der Waals surface area (Å²) in [6.07, 6.45) is 13.7. The average Bonchev–Trinajstić information content (AvgIpc) is 3.80. The smallest absolute Gasteiger partial charge is 0.289 e. The number of amides is 3. The van der Waals surface area contributed by atoms with Crippen molar-refractivity contribution in [2.45, 2.75) is 95.2 Å². The van der Waals surface area contributed by atoms with E-state index in [1.807, 2.05) is 0 Å². The quantitative estimate of drug-likeness (QED) is 0.314. The molecule has 4 N–H and O–H groups in total. The molecule has 1 saturated heterocycles. The van der Waals surface area contributed by atoms with Gasteiger partial charge in [0.05, 0.1) is 12.1 Å². The number of Topliss-reactive ketones (excluding diaryl/α,β-unsaturated/α-hetero) is 1. The first-order chi connectivity index (χ1) is 17.3. The Labute approximate surface area is 214 Å². The van der Waals surface area contributed by atoms with Crippen LogP contribution in [0.3, 0.4) is 0 Å². The maximum absolute atomic E-state index is 13.8. The summed E-state index contributed by atoms with van der Waals surface area (Å²) >= 11 is 0. The molecule has 5 atom stereocenters. The molecule has 8 nitrogen and oxygen atoms in total. The minimum Gasteiger partial charge on any atom is -0.346 e. The van der Waals surface area contributed by atoms with Crippen molar-refractivity contribution in [3.63, 3.8) is 0 Å². The van der Waals surface area contributed by atoms with Crippen LogP contribution in [-0.2, 0) is 19.2 Å². The van der Waals surface area contributed by atoms with Gasteiger partial charge in [-0.1, -0.05) is 38.2 Å². The second-order valence-electron chi connectivity index (χ2n) is 12.1. The molecule has 0 aromatic carbocycles. The van der Waals surface area contributed by atoms with Crippen molar-refractivity contribution in [1.82, 2.24) is 15.5 Å². The second-order valence-corrected chi connectivity index (χ2v) is 12.1. The molecule has 0 radical (unpaired) electrons. The highest BCUT2D eigenvalue weighted by molar-refractivity contribution is 6.38.